The van der Waals surface area contributed by atoms with Crippen LogP contribution in [0.1, 0.15) is 37.3 Å². The van der Waals surface area contributed by atoms with E-state index in [0.29, 0.717) is 6.04 Å². The predicted molar refractivity (Wildman–Crippen MR) is 50.7 cm³/mol. The molecule has 2 aliphatic carbocycles. The molecule has 1 heterocycles. The fraction of sp³-hybridized carbons (Fsp3) is 0.600. The van der Waals surface area contributed by atoms with Gasteiger partial charge < -0.3 is 5.32 Å². The Labute approximate surface area is 77.6 Å². The van der Waals surface area contributed by atoms with Crippen molar-refractivity contribution in [2.45, 2.75) is 37.6 Å². The molecule has 0 amide bonds. The van der Waals surface area contributed by atoms with Crippen LogP contribution in [0.25, 0.3) is 0 Å². The van der Waals surface area contributed by atoms with Gasteiger partial charge in [-0.2, -0.15) is 0 Å². The summed E-state index contributed by atoms with van der Waals surface area (Å²) < 4.78 is 0. The molecule has 1 aromatic rings. The van der Waals surface area contributed by atoms with E-state index in [0.717, 1.165) is 11.7 Å². The first kappa shape index (κ1) is 7.30. The minimum absolute atomic E-state index is 0.682. The summed E-state index contributed by atoms with van der Waals surface area (Å²) in [5.41, 5.74) is 1.22. The summed E-state index contributed by atoms with van der Waals surface area (Å²) in [6.07, 6.45) is 6.88. The van der Waals surface area contributed by atoms with E-state index in [1.807, 2.05) is 0 Å². The van der Waals surface area contributed by atoms with E-state index in [4.69, 9.17) is 0 Å². The Hall–Kier alpha value is -1.12. The van der Waals surface area contributed by atoms with Crippen LogP contribution in [0, 0.1) is 0 Å². The van der Waals surface area contributed by atoms with Crippen LogP contribution in [0.3, 0.4) is 0 Å². The maximum absolute atomic E-state index is 4.28. The van der Waals surface area contributed by atoms with Gasteiger partial charge in [0.15, 0.2) is 0 Å². The van der Waals surface area contributed by atoms with Gasteiger partial charge in [-0.1, -0.05) is 0 Å². The molecule has 0 radical (unpaired) electrons. The van der Waals surface area contributed by atoms with Crippen molar-refractivity contribution >= 4 is 5.82 Å². The smallest absolute Gasteiger partial charge is 0.129 e. The third-order valence-corrected chi connectivity index (χ3v) is 2.61. The van der Waals surface area contributed by atoms with Crippen LogP contribution in [0.4, 0.5) is 5.82 Å². The molecule has 68 valence electrons. The Bertz CT molecular complexity index is 316. The lowest BCUT2D eigenvalue weighted by molar-refractivity contribution is 0.976. The summed E-state index contributed by atoms with van der Waals surface area (Å²) in [6, 6.07) is 2.79. The minimum atomic E-state index is 0.682. The molecule has 3 nitrogen and oxygen atoms in total. The molecule has 13 heavy (non-hydrogen) atoms. The number of nitrogens with one attached hydrogen (secondary N) is 1. The number of hydrogen-bond donors (Lipinski definition) is 1. The monoisotopic (exact) mass is 175 g/mol. The van der Waals surface area contributed by atoms with E-state index >= 15 is 0 Å². The second kappa shape index (κ2) is 2.69. The maximum atomic E-state index is 4.28. The fourth-order valence-electron chi connectivity index (χ4n) is 1.49. The zero-order valence-corrected chi connectivity index (χ0v) is 7.53. The van der Waals surface area contributed by atoms with Gasteiger partial charge in [0, 0.05) is 23.7 Å². The van der Waals surface area contributed by atoms with Crippen molar-refractivity contribution in [3.63, 3.8) is 0 Å². The Balaban J connectivity index is 1.79. The van der Waals surface area contributed by atoms with E-state index in [1.165, 1.54) is 31.4 Å². The molecule has 0 aliphatic heterocycles. The molecule has 0 spiro atoms. The molecular formula is C10H13N3. The molecule has 0 bridgehead atoms. The van der Waals surface area contributed by atoms with Gasteiger partial charge in [-0.15, -0.1) is 0 Å². The summed E-state index contributed by atoms with van der Waals surface area (Å²) in [5, 5.41) is 3.39. The van der Waals surface area contributed by atoms with Gasteiger partial charge in [0.2, 0.25) is 0 Å². The Morgan fingerprint density at radius 1 is 1.15 bits per heavy atom. The number of nitrogens with zero attached hydrogens (tertiary/aromatic N) is 2. The first-order valence-electron chi connectivity index (χ1n) is 5.00. The van der Waals surface area contributed by atoms with E-state index in [1.54, 1.807) is 6.33 Å². The van der Waals surface area contributed by atoms with Crippen LogP contribution in [0.15, 0.2) is 12.4 Å². The van der Waals surface area contributed by atoms with E-state index in [9.17, 15) is 0 Å². The van der Waals surface area contributed by atoms with Crippen LogP contribution in [-0.2, 0) is 0 Å². The molecule has 0 aromatic carbocycles. The number of rotatable bonds is 3. The zero-order chi connectivity index (χ0) is 8.67. The van der Waals surface area contributed by atoms with Crippen LogP contribution in [0.5, 0.6) is 0 Å². The molecule has 3 heteroatoms. The Morgan fingerprint density at radius 2 is 2.00 bits per heavy atom. The summed E-state index contributed by atoms with van der Waals surface area (Å²) in [7, 11) is 0. The van der Waals surface area contributed by atoms with E-state index in [2.05, 4.69) is 21.4 Å². The minimum Gasteiger partial charge on any atom is -0.367 e. The Morgan fingerprint density at radius 3 is 2.69 bits per heavy atom. The second-order valence-corrected chi connectivity index (χ2v) is 4.02. The molecule has 3 rings (SSSR count). The molecule has 1 N–H and O–H groups in total. The van der Waals surface area contributed by atoms with Gasteiger partial charge in [-0.3, -0.25) is 0 Å². The lowest BCUT2D eigenvalue weighted by Gasteiger charge is -2.03. The highest BCUT2D eigenvalue weighted by molar-refractivity contribution is 5.39. The highest BCUT2D eigenvalue weighted by atomic mass is 15.1. The number of anilines is 1. The summed E-state index contributed by atoms with van der Waals surface area (Å²) in [4.78, 5) is 8.49. The molecule has 2 fully saturated rings. The van der Waals surface area contributed by atoms with Crippen molar-refractivity contribution in [3.05, 3.63) is 18.1 Å². The SMILES string of the molecule is c1nc(NC2CC2)cc(C2CC2)n1. The van der Waals surface area contributed by atoms with Gasteiger partial charge in [0.05, 0.1) is 0 Å². The largest absolute Gasteiger partial charge is 0.367 e. The first-order chi connectivity index (χ1) is 6.42. The summed E-state index contributed by atoms with van der Waals surface area (Å²) in [5.74, 6) is 1.74. The standard InChI is InChI=1S/C10H13N3/c1-2-7(1)9-5-10(12-6-11-9)13-8-3-4-8/h5-8H,1-4H2,(H,11,12,13). The van der Waals surface area contributed by atoms with Crippen LogP contribution >= 0.6 is 0 Å². The Kier molecular flexibility index (Phi) is 1.51. The molecule has 2 aliphatic rings. The van der Waals surface area contributed by atoms with E-state index in [-0.39, 0.29) is 0 Å². The van der Waals surface area contributed by atoms with Crippen molar-refractivity contribution in [2.75, 3.05) is 5.32 Å². The van der Waals surface area contributed by atoms with Gasteiger partial charge in [-0.25, -0.2) is 9.97 Å². The summed E-state index contributed by atoms with van der Waals surface area (Å²) in [6.45, 7) is 0. The van der Waals surface area contributed by atoms with Crippen LogP contribution in [0.2, 0.25) is 0 Å². The van der Waals surface area contributed by atoms with Crippen LogP contribution in [-0.4, -0.2) is 16.0 Å². The lowest BCUT2D eigenvalue weighted by Crippen LogP contribution is -2.03. The van der Waals surface area contributed by atoms with Gasteiger partial charge in [-0.05, 0) is 25.7 Å². The van der Waals surface area contributed by atoms with Gasteiger partial charge in [0.1, 0.15) is 12.1 Å². The number of hydrogen-bond acceptors (Lipinski definition) is 3. The van der Waals surface area contributed by atoms with Crippen molar-refractivity contribution in [1.29, 1.82) is 0 Å². The highest BCUT2D eigenvalue weighted by Gasteiger charge is 2.26. The normalized spacial score (nSPS) is 21.5. The molecule has 0 atom stereocenters. The van der Waals surface area contributed by atoms with Crippen molar-refractivity contribution in [2.24, 2.45) is 0 Å². The van der Waals surface area contributed by atoms with Gasteiger partial charge >= 0.3 is 0 Å². The highest BCUT2D eigenvalue weighted by Crippen LogP contribution is 2.39. The maximum Gasteiger partial charge on any atom is 0.129 e. The molecule has 0 saturated heterocycles. The van der Waals surface area contributed by atoms with E-state index < -0.39 is 0 Å². The molecule has 2 saturated carbocycles. The van der Waals surface area contributed by atoms with Crippen molar-refractivity contribution < 1.29 is 0 Å². The average molecular weight is 175 g/mol. The third kappa shape index (κ3) is 1.64. The fourth-order valence-corrected chi connectivity index (χ4v) is 1.49. The van der Waals surface area contributed by atoms with Crippen molar-refractivity contribution in [1.82, 2.24) is 9.97 Å². The first-order valence-corrected chi connectivity index (χ1v) is 5.00. The predicted octanol–water partition coefficient (Wildman–Crippen LogP) is 1.93. The average Bonchev–Trinajstić information content (AvgIpc) is 3.00. The van der Waals surface area contributed by atoms with Crippen molar-refractivity contribution in [3.8, 4) is 0 Å². The molecule has 0 unspecified atom stereocenters. The topological polar surface area (TPSA) is 37.8 Å². The molecule has 1 aromatic heterocycles. The summed E-state index contributed by atoms with van der Waals surface area (Å²) >= 11 is 0. The quantitative estimate of drug-likeness (QED) is 0.762. The zero-order valence-electron chi connectivity index (χ0n) is 7.53. The number of aromatic nitrogens is 2. The lowest BCUT2D eigenvalue weighted by atomic mass is 10.3. The van der Waals surface area contributed by atoms with Crippen LogP contribution < -0.4 is 5.32 Å². The third-order valence-electron chi connectivity index (χ3n) is 2.61. The second-order valence-electron chi connectivity index (χ2n) is 4.02. The molecular weight excluding hydrogens is 162 g/mol. The van der Waals surface area contributed by atoms with Gasteiger partial charge in [0.25, 0.3) is 0 Å².